The van der Waals surface area contributed by atoms with Crippen LogP contribution in [0.3, 0.4) is 0 Å². The lowest BCUT2D eigenvalue weighted by atomic mass is 10.4. The zero-order chi connectivity index (χ0) is 23.5. The fraction of sp³-hybridized carbons (Fsp3) is 0.556. The first-order chi connectivity index (χ1) is 14.9. The minimum Gasteiger partial charge on any atom is -0.465 e. The first-order valence-electron chi connectivity index (χ1n) is 9.53. The van der Waals surface area contributed by atoms with Crippen molar-refractivity contribution in [2.75, 3.05) is 62.2 Å². The zero-order valence-electron chi connectivity index (χ0n) is 18.3. The lowest BCUT2D eigenvalue weighted by molar-refractivity contribution is -0.122. The van der Waals surface area contributed by atoms with Gasteiger partial charge < -0.3 is 13.9 Å². The van der Waals surface area contributed by atoms with Crippen molar-refractivity contribution in [3.05, 3.63) is 28.7 Å². The number of aromatic nitrogens is 3. The Kier molecular flexibility index (Phi) is 7.27. The van der Waals surface area contributed by atoms with Crippen molar-refractivity contribution in [2.24, 2.45) is 0 Å². The minimum absolute atomic E-state index is 0.0167. The monoisotopic (exact) mass is 490 g/mol. The van der Waals surface area contributed by atoms with E-state index in [4.69, 9.17) is 13.9 Å². The molecule has 1 aliphatic heterocycles. The molecule has 14 heteroatoms. The van der Waals surface area contributed by atoms with Crippen LogP contribution >= 0.6 is 10.0 Å². The van der Waals surface area contributed by atoms with E-state index in [2.05, 4.69) is 32.9 Å². The number of hydrogen-bond acceptors (Lipinski definition) is 10. The van der Waals surface area contributed by atoms with Crippen molar-refractivity contribution < 1.29 is 31.3 Å². The third-order valence-electron chi connectivity index (χ3n) is 4.24. The topological polar surface area (TPSA) is 143 Å². The van der Waals surface area contributed by atoms with Crippen LogP contribution in [0, 0.1) is 0 Å². The van der Waals surface area contributed by atoms with Gasteiger partial charge in [-0.2, -0.15) is 8.42 Å². The van der Waals surface area contributed by atoms with Gasteiger partial charge in [0.1, 0.15) is 12.5 Å². The van der Waals surface area contributed by atoms with Gasteiger partial charge in [-0.25, -0.2) is 29.4 Å². The summed E-state index contributed by atoms with van der Waals surface area (Å²) in [6, 6.07) is 0. The molecule has 1 aliphatic rings. The maximum atomic E-state index is 12.4. The number of fused-ring (bicyclic) bond motifs is 1. The first kappa shape index (κ1) is 24.2. The molecule has 178 valence electrons. The van der Waals surface area contributed by atoms with E-state index < -0.39 is 25.9 Å². The Bertz CT molecular complexity index is 1140. The summed E-state index contributed by atoms with van der Waals surface area (Å²) in [5, 5.41) is 0. The third kappa shape index (κ3) is 6.54. The maximum absolute atomic E-state index is 12.4. The molecule has 0 radical (unpaired) electrons. The van der Waals surface area contributed by atoms with Crippen molar-refractivity contribution in [3.63, 3.8) is 0 Å². The van der Waals surface area contributed by atoms with Gasteiger partial charge in [-0.15, -0.1) is 0 Å². The van der Waals surface area contributed by atoms with E-state index in [1.165, 1.54) is 17.3 Å². The Hall–Kier alpha value is -2.42. The molecule has 2 aromatic rings. The van der Waals surface area contributed by atoms with E-state index in [1.807, 2.05) is 0 Å². The lowest BCUT2D eigenvalue weighted by Gasteiger charge is -2.29. The molecular weight excluding hydrogens is 464 g/mol. The highest BCUT2D eigenvalue weighted by atomic mass is 32.3. The SMILES string of the molecule is CS(C)(C)CCOCN1C(=O)COc2ncc(-n3cc(CCOS(C)(=O)=O)oc3=O)nc21. The number of amides is 1. The average Bonchev–Trinajstić information content (AvgIpc) is 3.04. The number of oxazole rings is 1. The van der Waals surface area contributed by atoms with Crippen LogP contribution in [-0.4, -0.2) is 86.2 Å². The van der Waals surface area contributed by atoms with Crippen molar-refractivity contribution in [3.8, 4) is 11.7 Å². The molecule has 32 heavy (non-hydrogen) atoms. The summed E-state index contributed by atoms with van der Waals surface area (Å²) in [6.07, 6.45) is 10.2. The Labute approximate surface area is 186 Å². The van der Waals surface area contributed by atoms with Gasteiger partial charge in [0.05, 0.1) is 31.9 Å². The van der Waals surface area contributed by atoms with Crippen LogP contribution in [0.4, 0.5) is 5.82 Å². The van der Waals surface area contributed by atoms with Crippen LogP contribution in [0.1, 0.15) is 5.76 Å². The summed E-state index contributed by atoms with van der Waals surface area (Å²) >= 11 is 0. The number of ether oxygens (including phenoxy) is 2. The van der Waals surface area contributed by atoms with Crippen molar-refractivity contribution in [1.29, 1.82) is 0 Å². The molecule has 0 N–H and O–H groups in total. The van der Waals surface area contributed by atoms with E-state index >= 15 is 0 Å². The van der Waals surface area contributed by atoms with E-state index in [0.29, 0.717) is 6.61 Å². The fourth-order valence-electron chi connectivity index (χ4n) is 2.63. The van der Waals surface area contributed by atoms with Gasteiger partial charge in [0.2, 0.25) is 5.82 Å². The average molecular weight is 491 g/mol. The summed E-state index contributed by atoms with van der Waals surface area (Å²) in [5.74, 6) is 0.400. The van der Waals surface area contributed by atoms with Crippen LogP contribution in [0.25, 0.3) is 5.82 Å². The van der Waals surface area contributed by atoms with Crippen molar-refractivity contribution in [2.45, 2.75) is 6.42 Å². The second-order valence-corrected chi connectivity index (χ2v) is 14.1. The van der Waals surface area contributed by atoms with Crippen molar-refractivity contribution >= 4 is 31.9 Å². The quantitative estimate of drug-likeness (QED) is 0.333. The Morgan fingerprint density at radius 3 is 2.59 bits per heavy atom. The number of hydrogen-bond donors (Lipinski definition) is 0. The van der Waals surface area contributed by atoms with Crippen LogP contribution in [0.2, 0.25) is 0 Å². The molecule has 0 saturated carbocycles. The van der Waals surface area contributed by atoms with Gasteiger partial charge in [-0.05, 0) is 18.8 Å². The van der Waals surface area contributed by atoms with E-state index in [9.17, 15) is 18.0 Å². The Morgan fingerprint density at radius 1 is 1.16 bits per heavy atom. The Morgan fingerprint density at radius 2 is 1.91 bits per heavy atom. The molecule has 0 saturated heterocycles. The van der Waals surface area contributed by atoms with E-state index in [0.717, 1.165) is 16.6 Å². The summed E-state index contributed by atoms with van der Waals surface area (Å²) in [7, 11) is -4.33. The summed E-state index contributed by atoms with van der Waals surface area (Å²) in [5.41, 5.74) is 0. The van der Waals surface area contributed by atoms with Gasteiger partial charge in [0.15, 0.2) is 12.4 Å². The molecule has 0 fully saturated rings. The number of anilines is 1. The normalized spacial score (nSPS) is 14.9. The van der Waals surface area contributed by atoms with Gasteiger partial charge in [0.25, 0.3) is 21.9 Å². The Balaban J connectivity index is 1.77. The van der Waals surface area contributed by atoms with Crippen LogP contribution in [0.15, 0.2) is 21.6 Å². The van der Waals surface area contributed by atoms with Crippen LogP contribution in [0.5, 0.6) is 5.88 Å². The van der Waals surface area contributed by atoms with Gasteiger partial charge >= 0.3 is 5.76 Å². The lowest BCUT2D eigenvalue weighted by Crippen LogP contribution is -2.41. The van der Waals surface area contributed by atoms with Crippen molar-refractivity contribution in [1.82, 2.24) is 14.5 Å². The van der Waals surface area contributed by atoms with Gasteiger partial charge in [0, 0.05) is 12.2 Å². The van der Waals surface area contributed by atoms with Crippen LogP contribution < -0.4 is 15.4 Å². The standard InChI is InChI=1S/C18H26N4O8S2/c1-31(2,3)8-7-27-12-22-15(23)11-28-17-16(22)20-14(9-19-17)21-10-13(30-18(21)24)5-6-29-32(4,25)26/h9-10H,5-8,11-12H2,1-4H3. The summed E-state index contributed by atoms with van der Waals surface area (Å²) < 4.78 is 44.0. The predicted molar refractivity (Wildman–Crippen MR) is 118 cm³/mol. The maximum Gasteiger partial charge on any atom is 0.425 e. The highest BCUT2D eigenvalue weighted by molar-refractivity contribution is 8.32. The van der Waals surface area contributed by atoms with E-state index in [1.54, 1.807) is 0 Å². The van der Waals surface area contributed by atoms with Gasteiger partial charge in [-0.3, -0.25) is 13.9 Å². The molecule has 3 rings (SSSR count). The van der Waals surface area contributed by atoms with Gasteiger partial charge in [-0.1, -0.05) is 0 Å². The number of carbonyl (C=O) groups excluding carboxylic acids is 1. The highest BCUT2D eigenvalue weighted by Gasteiger charge is 2.29. The molecule has 0 unspecified atom stereocenters. The third-order valence-corrected chi connectivity index (χ3v) is 6.23. The molecule has 0 aliphatic carbocycles. The van der Waals surface area contributed by atoms with Crippen LogP contribution in [-0.2, 0) is 30.3 Å². The minimum atomic E-state index is -3.60. The molecular formula is C18H26N4O8S2. The summed E-state index contributed by atoms with van der Waals surface area (Å²) in [4.78, 5) is 34.5. The molecule has 12 nitrogen and oxygen atoms in total. The largest absolute Gasteiger partial charge is 0.465 e. The molecule has 0 spiro atoms. The fourth-order valence-corrected chi connectivity index (χ4v) is 3.63. The molecule has 2 aromatic heterocycles. The number of rotatable bonds is 10. The smallest absolute Gasteiger partial charge is 0.425 e. The molecule has 3 heterocycles. The predicted octanol–water partition coefficient (Wildman–Crippen LogP) is 0.133. The second-order valence-electron chi connectivity index (χ2n) is 7.91. The van der Waals surface area contributed by atoms with E-state index in [-0.39, 0.29) is 55.5 Å². The first-order valence-corrected chi connectivity index (χ1v) is 14.4. The summed E-state index contributed by atoms with van der Waals surface area (Å²) in [6.45, 7) is 0.111. The number of carbonyl (C=O) groups is 1. The zero-order valence-corrected chi connectivity index (χ0v) is 19.9. The molecule has 0 aromatic carbocycles. The second kappa shape index (κ2) is 9.60. The molecule has 1 amide bonds. The highest BCUT2D eigenvalue weighted by Crippen LogP contribution is 2.34. The molecule has 0 atom stereocenters. The molecule has 0 bridgehead atoms. The number of nitrogens with zero attached hydrogens (tertiary/aromatic N) is 4.